The molecule has 7 heteroatoms. The second-order valence-electron chi connectivity index (χ2n) is 5.38. The van der Waals surface area contributed by atoms with Crippen LogP contribution >= 0.6 is 0 Å². The molecule has 120 valence electrons. The summed E-state index contributed by atoms with van der Waals surface area (Å²) in [6.45, 7) is -0.0821. The van der Waals surface area contributed by atoms with E-state index in [1.807, 2.05) is 0 Å². The van der Waals surface area contributed by atoms with E-state index < -0.39 is 35.5 Å². The Kier molecular flexibility index (Phi) is 4.04. The number of pyridine rings is 1. The summed E-state index contributed by atoms with van der Waals surface area (Å²) in [7, 11) is 0. The van der Waals surface area contributed by atoms with E-state index >= 15 is 0 Å². The quantitative estimate of drug-likeness (QED) is 0.924. The van der Waals surface area contributed by atoms with Crippen LogP contribution in [-0.2, 0) is 0 Å². The lowest BCUT2D eigenvalue weighted by molar-refractivity contribution is 0.0709. The molecule has 1 amide bonds. The Morgan fingerprint density at radius 2 is 2.00 bits per heavy atom. The maximum atomic E-state index is 14.0. The molecule has 1 N–H and O–H groups in total. The van der Waals surface area contributed by atoms with Gasteiger partial charge in [-0.3, -0.25) is 9.78 Å². The second-order valence-corrected chi connectivity index (χ2v) is 5.38. The summed E-state index contributed by atoms with van der Waals surface area (Å²) in [5.41, 5.74) is -0.264. The van der Waals surface area contributed by atoms with Crippen molar-refractivity contribution in [2.75, 3.05) is 6.54 Å². The van der Waals surface area contributed by atoms with E-state index in [9.17, 15) is 23.1 Å². The Balaban J connectivity index is 1.99. The smallest absolute Gasteiger partial charge is 0.257 e. The summed E-state index contributed by atoms with van der Waals surface area (Å²) in [5.74, 6) is -2.84. The van der Waals surface area contributed by atoms with Crippen LogP contribution in [0.4, 0.5) is 13.2 Å². The van der Waals surface area contributed by atoms with Crippen molar-refractivity contribution in [3.05, 3.63) is 65.2 Å². The molecule has 2 aromatic rings. The third kappa shape index (κ3) is 2.92. The number of aliphatic hydroxyl groups is 1. The van der Waals surface area contributed by atoms with Gasteiger partial charge in [0, 0.05) is 18.3 Å². The van der Waals surface area contributed by atoms with Gasteiger partial charge in [-0.2, -0.15) is 0 Å². The normalized spacial score (nSPS) is 20.8. The highest BCUT2D eigenvalue weighted by atomic mass is 19.1. The number of likely N-dealkylation sites (tertiary alicyclic amines) is 1. The van der Waals surface area contributed by atoms with Gasteiger partial charge in [0.15, 0.2) is 5.82 Å². The first kappa shape index (κ1) is 15.5. The van der Waals surface area contributed by atoms with Crippen LogP contribution < -0.4 is 0 Å². The third-order valence-corrected chi connectivity index (χ3v) is 3.86. The molecule has 1 aromatic carbocycles. The molecule has 1 aliphatic rings. The number of carbonyl (C=O) groups excluding carboxylic acids is 1. The molecule has 1 aliphatic heterocycles. The molecule has 1 aromatic heterocycles. The van der Waals surface area contributed by atoms with E-state index in [2.05, 4.69) is 4.98 Å². The monoisotopic (exact) mass is 322 g/mol. The summed E-state index contributed by atoms with van der Waals surface area (Å²) in [6, 6.07) is 3.27. The lowest BCUT2D eigenvalue weighted by atomic mass is 10.0. The number of carbonyl (C=O) groups is 1. The summed E-state index contributed by atoms with van der Waals surface area (Å²) in [5, 5.41) is 9.84. The highest BCUT2D eigenvalue weighted by Gasteiger charge is 2.38. The standard InChI is InChI=1S/C16H13F3N2O2/c17-9-1-2-13(18)12(5-9)15-6-10(22)8-21(15)16(23)11-3-4-20-7-14(11)19/h1-5,7,10,15,22H,6,8H2/t10-,15+/m1/s1. The van der Waals surface area contributed by atoms with E-state index in [1.54, 1.807) is 0 Å². The van der Waals surface area contributed by atoms with Crippen LogP contribution in [0.2, 0.25) is 0 Å². The topological polar surface area (TPSA) is 53.4 Å². The molecule has 0 unspecified atom stereocenters. The molecule has 2 atom stereocenters. The SMILES string of the molecule is O=C(c1ccncc1F)N1C[C@H](O)C[C@H]1c1cc(F)ccc1F. The van der Waals surface area contributed by atoms with Crippen LogP contribution in [0.3, 0.4) is 0 Å². The molecule has 3 rings (SSSR count). The van der Waals surface area contributed by atoms with Gasteiger partial charge in [0.1, 0.15) is 11.6 Å². The van der Waals surface area contributed by atoms with Crippen molar-refractivity contribution in [2.24, 2.45) is 0 Å². The number of aromatic nitrogens is 1. The second kappa shape index (κ2) is 6.00. The van der Waals surface area contributed by atoms with E-state index in [4.69, 9.17) is 0 Å². The summed E-state index contributed by atoms with van der Waals surface area (Å²) < 4.78 is 41.2. The van der Waals surface area contributed by atoms with Gasteiger partial charge >= 0.3 is 0 Å². The molecule has 2 heterocycles. The zero-order chi connectivity index (χ0) is 16.6. The Morgan fingerprint density at radius 1 is 1.22 bits per heavy atom. The number of halogens is 3. The van der Waals surface area contributed by atoms with Crippen molar-refractivity contribution in [1.82, 2.24) is 9.88 Å². The van der Waals surface area contributed by atoms with Crippen molar-refractivity contribution in [3.8, 4) is 0 Å². The molecule has 23 heavy (non-hydrogen) atoms. The fourth-order valence-electron chi connectivity index (χ4n) is 2.81. The number of hydrogen-bond donors (Lipinski definition) is 1. The molecular weight excluding hydrogens is 309 g/mol. The van der Waals surface area contributed by atoms with Gasteiger partial charge in [0.05, 0.1) is 23.9 Å². The van der Waals surface area contributed by atoms with Gasteiger partial charge in [-0.1, -0.05) is 0 Å². The lowest BCUT2D eigenvalue weighted by Crippen LogP contribution is -2.32. The van der Waals surface area contributed by atoms with Crippen molar-refractivity contribution in [2.45, 2.75) is 18.6 Å². The number of amides is 1. The van der Waals surface area contributed by atoms with Gasteiger partial charge < -0.3 is 10.0 Å². The lowest BCUT2D eigenvalue weighted by Gasteiger charge is -2.25. The highest BCUT2D eigenvalue weighted by molar-refractivity contribution is 5.94. The Labute approximate surface area is 130 Å². The van der Waals surface area contributed by atoms with Gasteiger partial charge in [-0.05, 0) is 30.7 Å². The fourth-order valence-corrected chi connectivity index (χ4v) is 2.81. The zero-order valence-electron chi connectivity index (χ0n) is 11.9. The number of β-amino-alcohol motifs (C(OH)–C–C–N with tert-alkyl or cyclic N) is 1. The van der Waals surface area contributed by atoms with Crippen molar-refractivity contribution >= 4 is 5.91 Å². The van der Waals surface area contributed by atoms with Crippen LogP contribution in [0, 0.1) is 17.5 Å². The van der Waals surface area contributed by atoms with E-state index in [-0.39, 0.29) is 24.1 Å². The van der Waals surface area contributed by atoms with Crippen LogP contribution in [0.5, 0.6) is 0 Å². The largest absolute Gasteiger partial charge is 0.391 e. The summed E-state index contributed by atoms with van der Waals surface area (Å²) >= 11 is 0. The third-order valence-electron chi connectivity index (χ3n) is 3.86. The van der Waals surface area contributed by atoms with Crippen LogP contribution in [0.15, 0.2) is 36.7 Å². The number of rotatable bonds is 2. The Hall–Kier alpha value is -2.41. The maximum Gasteiger partial charge on any atom is 0.257 e. The fraction of sp³-hybridized carbons (Fsp3) is 0.250. The molecule has 0 radical (unpaired) electrons. The molecule has 1 fully saturated rings. The van der Waals surface area contributed by atoms with E-state index in [0.29, 0.717) is 0 Å². The summed E-state index contributed by atoms with van der Waals surface area (Å²) in [4.78, 5) is 17.2. The Bertz CT molecular complexity index is 754. The number of aliphatic hydroxyl groups excluding tert-OH is 1. The van der Waals surface area contributed by atoms with Gasteiger partial charge in [-0.15, -0.1) is 0 Å². The predicted octanol–water partition coefficient (Wildman–Crippen LogP) is 2.45. The van der Waals surface area contributed by atoms with Crippen molar-refractivity contribution < 1.29 is 23.1 Å². The van der Waals surface area contributed by atoms with Crippen molar-refractivity contribution in [1.29, 1.82) is 0 Å². The average Bonchev–Trinajstić information content (AvgIpc) is 2.91. The molecule has 0 aliphatic carbocycles. The first-order chi connectivity index (χ1) is 11.0. The molecular formula is C16H13F3N2O2. The number of nitrogens with zero attached hydrogens (tertiary/aromatic N) is 2. The van der Waals surface area contributed by atoms with Gasteiger partial charge in [0.25, 0.3) is 5.91 Å². The predicted molar refractivity (Wildman–Crippen MR) is 75.0 cm³/mol. The minimum Gasteiger partial charge on any atom is -0.391 e. The molecule has 0 saturated carbocycles. The molecule has 0 spiro atoms. The number of hydrogen-bond acceptors (Lipinski definition) is 3. The molecule has 4 nitrogen and oxygen atoms in total. The number of benzene rings is 1. The average molecular weight is 322 g/mol. The van der Waals surface area contributed by atoms with Crippen LogP contribution in [0.1, 0.15) is 28.4 Å². The first-order valence-electron chi connectivity index (χ1n) is 7.01. The molecule has 1 saturated heterocycles. The van der Waals surface area contributed by atoms with Gasteiger partial charge in [0.2, 0.25) is 0 Å². The van der Waals surface area contributed by atoms with Crippen LogP contribution in [-0.4, -0.2) is 33.5 Å². The zero-order valence-corrected chi connectivity index (χ0v) is 11.9. The highest BCUT2D eigenvalue weighted by Crippen LogP contribution is 2.35. The van der Waals surface area contributed by atoms with Crippen LogP contribution in [0.25, 0.3) is 0 Å². The molecule has 0 bridgehead atoms. The maximum absolute atomic E-state index is 14.0. The van der Waals surface area contributed by atoms with E-state index in [1.165, 1.54) is 12.3 Å². The first-order valence-corrected chi connectivity index (χ1v) is 7.01. The minimum atomic E-state index is -0.892. The summed E-state index contributed by atoms with van der Waals surface area (Å²) in [6.07, 6.45) is 1.33. The van der Waals surface area contributed by atoms with Gasteiger partial charge in [-0.25, -0.2) is 13.2 Å². The van der Waals surface area contributed by atoms with E-state index in [0.717, 1.165) is 29.3 Å². The van der Waals surface area contributed by atoms with Crippen molar-refractivity contribution in [3.63, 3.8) is 0 Å². The minimum absolute atomic E-state index is 0.0376. The Morgan fingerprint density at radius 3 is 2.74 bits per heavy atom.